The second-order valence-electron chi connectivity index (χ2n) is 5.76. The molecule has 25 heavy (non-hydrogen) atoms. The number of rotatable bonds is 7. The summed E-state index contributed by atoms with van der Waals surface area (Å²) in [5.74, 6) is -0.0238. The maximum absolute atomic E-state index is 11.0. The van der Waals surface area contributed by atoms with E-state index in [-0.39, 0.29) is 0 Å². The Labute approximate surface area is 147 Å². The number of hydrogen-bond donors (Lipinski definition) is 1. The van der Waals surface area contributed by atoms with Crippen molar-refractivity contribution in [3.8, 4) is 5.75 Å². The van der Waals surface area contributed by atoms with Crippen molar-refractivity contribution in [1.29, 1.82) is 0 Å². The summed E-state index contributed by atoms with van der Waals surface area (Å²) in [6.07, 6.45) is 0. The Morgan fingerprint density at radius 3 is 2.44 bits per heavy atom. The first kappa shape index (κ1) is 16.8. The van der Waals surface area contributed by atoms with Gasteiger partial charge in [0.1, 0.15) is 12.4 Å². The molecule has 1 N–H and O–H groups in total. The predicted molar refractivity (Wildman–Crippen MR) is 101 cm³/mol. The fourth-order valence-electron chi connectivity index (χ4n) is 2.87. The zero-order chi connectivity index (χ0) is 17.6. The fraction of sp³-hybridized carbons (Fsp3) is 0.190. The predicted octanol–water partition coefficient (Wildman–Crippen LogP) is 4.44. The summed E-state index contributed by atoms with van der Waals surface area (Å²) in [6.45, 7) is 4.18. The largest absolute Gasteiger partial charge is 0.491 e. The minimum atomic E-state index is -0.908. The molecule has 0 fully saturated rings. The Morgan fingerprint density at radius 2 is 1.72 bits per heavy atom. The third-order valence-corrected chi connectivity index (χ3v) is 4.23. The molecule has 0 saturated heterocycles. The van der Waals surface area contributed by atoms with E-state index in [2.05, 4.69) is 30.0 Å². The summed E-state index contributed by atoms with van der Waals surface area (Å²) in [4.78, 5) is 13.1. The van der Waals surface area contributed by atoms with Gasteiger partial charge in [0.15, 0.2) is 0 Å². The topological polar surface area (TPSA) is 49.8 Å². The summed E-state index contributed by atoms with van der Waals surface area (Å²) in [5.41, 5.74) is 1.29. The fourth-order valence-corrected chi connectivity index (χ4v) is 2.87. The van der Waals surface area contributed by atoms with Gasteiger partial charge in [-0.2, -0.15) is 0 Å². The molecule has 0 saturated carbocycles. The molecule has 0 unspecified atom stereocenters. The second-order valence-corrected chi connectivity index (χ2v) is 5.76. The molecule has 128 valence electrons. The molecule has 0 aliphatic heterocycles. The normalized spacial score (nSPS) is 10.6. The maximum atomic E-state index is 11.0. The lowest BCUT2D eigenvalue weighted by molar-refractivity contribution is 0.0697. The lowest BCUT2D eigenvalue weighted by Gasteiger charge is -2.23. The Hall–Kier alpha value is -3.01. The molecule has 3 aromatic carbocycles. The summed E-state index contributed by atoms with van der Waals surface area (Å²) in [5, 5.41) is 11.3. The van der Waals surface area contributed by atoms with E-state index >= 15 is 0 Å². The number of benzene rings is 3. The van der Waals surface area contributed by atoms with Gasteiger partial charge in [-0.25, -0.2) is 4.79 Å². The number of carboxylic acids is 1. The lowest BCUT2D eigenvalue weighted by atomic mass is 10.1. The molecule has 0 aliphatic carbocycles. The van der Waals surface area contributed by atoms with Crippen LogP contribution in [0.5, 0.6) is 5.75 Å². The van der Waals surface area contributed by atoms with Crippen molar-refractivity contribution >= 4 is 22.4 Å². The highest BCUT2D eigenvalue weighted by molar-refractivity contribution is 5.88. The molecule has 3 aromatic rings. The monoisotopic (exact) mass is 335 g/mol. The summed E-state index contributed by atoms with van der Waals surface area (Å²) < 4.78 is 6.00. The molecular formula is C21H21NO3. The Kier molecular flexibility index (Phi) is 5.19. The van der Waals surface area contributed by atoms with Gasteiger partial charge in [-0.1, -0.05) is 36.4 Å². The van der Waals surface area contributed by atoms with Crippen molar-refractivity contribution in [3.05, 3.63) is 72.3 Å². The molecule has 0 aromatic heterocycles. The summed E-state index contributed by atoms with van der Waals surface area (Å²) in [7, 11) is 0. The van der Waals surface area contributed by atoms with Crippen LogP contribution >= 0.6 is 0 Å². The van der Waals surface area contributed by atoms with Crippen LogP contribution in [0.1, 0.15) is 17.3 Å². The van der Waals surface area contributed by atoms with E-state index in [1.807, 2.05) is 36.4 Å². The zero-order valence-corrected chi connectivity index (χ0v) is 14.2. The number of carboxylic acid groups (broad SMARTS) is 1. The maximum Gasteiger partial charge on any atom is 0.335 e. The van der Waals surface area contributed by atoms with Gasteiger partial charge >= 0.3 is 5.97 Å². The molecule has 0 aliphatic rings. The van der Waals surface area contributed by atoms with E-state index in [9.17, 15) is 4.79 Å². The third-order valence-electron chi connectivity index (χ3n) is 4.23. The first-order chi connectivity index (χ1) is 12.2. The minimum absolute atomic E-state index is 0.298. The van der Waals surface area contributed by atoms with Crippen LogP contribution < -0.4 is 9.64 Å². The van der Waals surface area contributed by atoms with Crippen molar-refractivity contribution in [2.75, 3.05) is 24.6 Å². The van der Waals surface area contributed by atoms with E-state index in [4.69, 9.17) is 9.84 Å². The van der Waals surface area contributed by atoms with Gasteiger partial charge in [-0.05, 0) is 42.6 Å². The van der Waals surface area contributed by atoms with E-state index < -0.39 is 5.97 Å². The number of likely N-dealkylation sites (N-methyl/N-ethyl adjacent to an activating group) is 1. The van der Waals surface area contributed by atoms with Crippen LogP contribution in [0.4, 0.5) is 5.69 Å². The van der Waals surface area contributed by atoms with Crippen molar-refractivity contribution in [2.45, 2.75) is 6.92 Å². The van der Waals surface area contributed by atoms with Crippen molar-refractivity contribution in [2.24, 2.45) is 0 Å². The van der Waals surface area contributed by atoms with Crippen molar-refractivity contribution < 1.29 is 14.6 Å². The van der Waals surface area contributed by atoms with Crippen LogP contribution in [0.2, 0.25) is 0 Å². The average molecular weight is 335 g/mol. The smallest absolute Gasteiger partial charge is 0.335 e. The highest BCUT2D eigenvalue weighted by Crippen LogP contribution is 2.25. The van der Waals surface area contributed by atoms with Gasteiger partial charge in [0.25, 0.3) is 0 Å². The van der Waals surface area contributed by atoms with Crippen LogP contribution in [0.3, 0.4) is 0 Å². The van der Waals surface area contributed by atoms with Gasteiger partial charge in [-0.15, -0.1) is 0 Å². The van der Waals surface area contributed by atoms with Gasteiger partial charge in [0, 0.05) is 17.6 Å². The standard InChI is InChI=1S/C21H21NO3/c1-2-22(18-12-10-17(11-13-18)21(23)24)14-15-25-20-9-5-7-16-6-3-4-8-19(16)20/h3-13H,2,14-15H2,1H3,(H,23,24). The number of ether oxygens (including phenoxy) is 1. The SMILES string of the molecule is CCN(CCOc1cccc2ccccc12)c1ccc(C(=O)O)cc1. The van der Waals surface area contributed by atoms with E-state index in [1.54, 1.807) is 12.1 Å². The van der Waals surface area contributed by atoms with Gasteiger partial charge < -0.3 is 14.7 Å². The molecular weight excluding hydrogens is 314 g/mol. The Morgan fingerprint density at radius 1 is 1.00 bits per heavy atom. The zero-order valence-electron chi connectivity index (χ0n) is 14.2. The number of hydrogen-bond acceptors (Lipinski definition) is 3. The van der Waals surface area contributed by atoms with Crippen molar-refractivity contribution in [1.82, 2.24) is 0 Å². The number of nitrogens with zero attached hydrogens (tertiary/aromatic N) is 1. The molecule has 3 rings (SSSR count). The number of aromatic carboxylic acids is 1. The number of anilines is 1. The highest BCUT2D eigenvalue weighted by Gasteiger charge is 2.08. The van der Waals surface area contributed by atoms with Crippen LogP contribution in [0.25, 0.3) is 10.8 Å². The van der Waals surface area contributed by atoms with Crippen LogP contribution in [-0.4, -0.2) is 30.8 Å². The van der Waals surface area contributed by atoms with Gasteiger partial charge in [0.05, 0.1) is 12.1 Å². The van der Waals surface area contributed by atoms with E-state index in [0.717, 1.165) is 35.3 Å². The second kappa shape index (κ2) is 7.71. The molecule has 0 amide bonds. The van der Waals surface area contributed by atoms with Gasteiger partial charge in [0.2, 0.25) is 0 Å². The quantitative estimate of drug-likeness (QED) is 0.693. The first-order valence-electron chi connectivity index (χ1n) is 8.38. The first-order valence-corrected chi connectivity index (χ1v) is 8.38. The molecule has 0 spiro atoms. The Bertz CT molecular complexity index is 853. The summed E-state index contributed by atoms with van der Waals surface area (Å²) in [6, 6.07) is 21.2. The molecule has 0 bridgehead atoms. The number of fused-ring (bicyclic) bond motifs is 1. The van der Waals surface area contributed by atoms with E-state index in [1.165, 1.54) is 0 Å². The molecule has 0 atom stereocenters. The van der Waals surface area contributed by atoms with Crippen LogP contribution in [-0.2, 0) is 0 Å². The van der Waals surface area contributed by atoms with Crippen molar-refractivity contribution in [3.63, 3.8) is 0 Å². The highest BCUT2D eigenvalue weighted by atomic mass is 16.5. The minimum Gasteiger partial charge on any atom is -0.491 e. The van der Waals surface area contributed by atoms with Crippen LogP contribution in [0.15, 0.2) is 66.7 Å². The molecule has 0 heterocycles. The molecule has 4 nitrogen and oxygen atoms in total. The lowest BCUT2D eigenvalue weighted by Crippen LogP contribution is -2.28. The summed E-state index contributed by atoms with van der Waals surface area (Å²) >= 11 is 0. The number of carbonyl (C=O) groups is 1. The molecule has 4 heteroatoms. The van der Waals surface area contributed by atoms with Crippen LogP contribution in [0, 0.1) is 0 Å². The molecule has 0 radical (unpaired) electrons. The third kappa shape index (κ3) is 3.91. The Balaban J connectivity index is 1.66. The average Bonchev–Trinajstić information content (AvgIpc) is 2.65. The van der Waals surface area contributed by atoms with E-state index in [0.29, 0.717) is 12.2 Å². The van der Waals surface area contributed by atoms with Gasteiger partial charge in [-0.3, -0.25) is 0 Å².